The second kappa shape index (κ2) is 4.40. The Kier molecular flexibility index (Phi) is 3.66. The summed E-state index contributed by atoms with van der Waals surface area (Å²) in [5, 5.41) is 0. The van der Waals surface area contributed by atoms with Crippen LogP contribution in [0.4, 0.5) is 0 Å². The van der Waals surface area contributed by atoms with Gasteiger partial charge in [-0.25, -0.2) is 9.97 Å². The molecule has 0 bridgehead atoms. The minimum absolute atomic E-state index is 0.0968. The van der Waals surface area contributed by atoms with Crippen molar-refractivity contribution in [1.29, 1.82) is 0 Å². The van der Waals surface area contributed by atoms with Crippen molar-refractivity contribution in [3.8, 4) is 0 Å². The average molecular weight is 234 g/mol. The van der Waals surface area contributed by atoms with Gasteiger partial charge in [-0.1, -0.05) is 41.5 Å². The van der Waals surface area contributed by atoms with Gasteiger partial charge in [-0.15, -0.1) is 0 Å². The molecule has 0 radical (unpaired) electrons. The van der Waals surface area contributed by atoms with Crippen molar-refractivity contribution in [1.82, 2.24) is 9.97 Å². The van der Waals surface area contributed by atoms with Crippen LogP contribution in [-0.2, 0) is 10.8 Å². The van der Waals surface area contributed by atoms with Crippen molar-refractivity contribution in [3.05, 3.63) is 22.8 Å². The molecular formula is C15H26N2. The molecule has 0 fully saturated rings. The lowest BCUT2D eigenvalue weighted by Gasteiger charge is -2.32. The van der Waals surface area contributed by atoms with Crippen LogP contribution in [0.15, 0.2) is 0 Å². The molecule has 1 rings (SSSR count). The van der Waals surface area contributed by atoms with Gasteiger partial charge in [-0.2, -0.15) is 0 Å². The number of hydrogen-bond acceptors (Lipinski definition) is 2. The molecule has 1 aromatic heterocycles. The maximum absolute atomic E-state index is 4.73. The molecule has 0 N–H and O–H groups in total. The zero-order chi connectivity index (χ0) is 13.4. The van der Waals surface area contributed by atoms with Crippen LogP contribution >= 0.6 is 0 Å². The second-order valence-corrected chi connectivity index (χ2v) is 6.57. The third-order valence-corrected chi connectivity index (χ3v) is 3.48. The smallest absolute Gasteiger partial charge is 0.125 e. The van der Waals surface area contributed by atoms with Gasteiger partial charge in [0.1, 0.15) is 5.82 Å². The second-order valence-electron chi connectivity index (χ2n) is 6.57. The number of aromatic nitrogens is 2. The van der Waals surface area contributed by atoms with Gasteiger partial charge >= 0.3 is 0 Å². The van der Waals surface area contributed by atoms with E-state index in [0.29, 0.717) is 0 Å². The summed E-state index contributed by atoms with van der Waals surface area (Å²) in [5.41, 5.74) is 3.87. The summed E-state index contributed by atoms with van der Waals surface area (Å²) in [6, 6.07) is 0. The molecule has 0 amide bonds. The molecule has 1 heterocycles. The lowest BCUT2D eigenvalue weighted by Crippen LogP contribution is -2.28. The van der Waals surface area contributed by atoms with Gasteiger partial charge in [0.25, 0.3) is 0 Å². The normalized spacial score (nSPS) is 12.9. The van der Waals surface area contributed by atoms with E-state index in [9.17, 15) is 0 Å². The van der Waals surface area contributed by atoms with Crippen LogP contribution in [0, 0.1) is 13.8 Å². The molecule has 0 aromatic carbocycles. The maximum atomic E-state index is 4.73. The Hall–Kier alpha value is -0.920. The van der Waals surface area contributed by atoms with Crippen LogP contribution in [0.25, 0.3) is 0 Å². The summed E-state index contributed by atoms with van der Waals surface area (Å²) in [4.78, 5) is 9.27. The largest absolute Gasteiger partial charge is 0.238 e. The van der Waals surface area contributed by atoms with Gasteiger partial charge < -0.3 is 0 Å². The molecule has 0 aliphatic carbocycles. The highest BCUT2D eigenvalue weighted by molar-refractivity contribution is 5.36. The molecule has 1 aromatic rings. The van der Waals surface area contributed by atoms with Crippen LogP contribution in [0.5, 0.6) is 0 Å². The van der Waals surface area contributed by atoms with Gasteiger partial charge in [-0.05, 0) is 25.7 Å². The van der Waals surface area contributed by atoms with Crippen LogP contribution in [-0.4, -0.2) is 9.97 Å². The van der Waals surface area contributed by atoms with Crippen LogP contribution in [0.3, 0.4) is 0 Å². The molecular weight excluding hydrogens is 208 g/mol. The van der Waals surface area contributed by atoms with E-state index in [-0.39, 0.29) is 10.8 Å². The van der Waals surface area contributed by atoms with E-state index in [1.165, 1.54) is 11.3 Å². The van der Waals surface area contributed by atoms with E-state index >= 15 is 0 Å². The standard InChI is InChI=1S/C15H26N2/c1-9-15(7,8)13-12(14(4,5)6)10(2)16-11(3)17-13/h9H2,1-8H3. The highest BCUT2D eigenvalue weighted by atomic mass is 14.9. The fraction of sp³-hybridized carbons (Fsp3) is 0.733. The summed E-state index contributed by atoms with van der Waals surface area (Å²) in [5.74, 6) is 0.882. The van der Waals surface area contributed by atoms with E-state index in [1.807, 2.05) is 6.92 Å². The first-order valence-electron chi connectivity index (χ1n) is 6.46. The molecule has 0 aliphatic rings. The predicted molar refractivity (Wildman–Crippen MR) is 73.5 cm³/mol. The van der Waals surface area contributed by atoms with Crippen molar-refractivity contribution in [3.63, 3.8) is 0 Å². The molecule has 2 nitrogen and oxygen atoms in total. The Morgan fingerprint density at radius 3 is 1.88 bits per heavy atom. The molecule has 2 heteroatoms. The molecule has 0 atom stereocenters. The number of hydrogen-bond donors (Lipinski definition) is 0. The van der Waals surface area contributed by atoms with Gasteiger partial charge in [0.15, 0.2) is 0 Å². The lowest BCUT2D eigenvalue weighted by atomic mass is 9.75. The molecule has 0 unspecified atom stereocenters. The van der Waals surface area contributed by atoms with Crippen LogP contribution in [0.1, 0.15) is 70.7 Å². The quantitative estimate of drug-likeness (QED) is 0.770. The zero-order valence-electron chi connectivity index (χ0n) is 12.6. The third-order valence-electron chi connectivity index (χ3n) is 3.48. The molecule has 0 saturated carbocycles. The topological polar surface area (TPSA) is 25.8 Å². The van der Waals surface area contributed by atoms with E-state index < -0.39 is 0 Å². The predicted octanol–water partition coefficient (Wildman–Crippen LogP) is 4.08. The van der Waals surface area contributed by atoms with Crippen molar-refractivity contribution in [2.75, 3.05) is 0 Å². The fourth-order valence-corrected chi connectivity index (χ4v) is 2.27. The molecule has 0 spiro atoms. The SMILES string of the molecule is CCC(C)(C)c1nc(C)nc(C)c1C(C)(C)C. The molecule has 0 saturated heterocycles. The first-order chi connectivity index (χ1) is 7.59. The minimum atomic E-state index is 0.0968. The first-order valence-corrected chi connectivity index (χ1v) is 6.46. The number of rotatable bonds is 2. The van der Waals surface area contributed by atoms with Crippen molar-refractivity contribution < 1.29 is 0 Å². The average Bonchev–Trinajstić information content (AvgIpc) is 2.14. The van der Waals surface area contributed by atoms with Crippen molar-refractivity contribution in [2.45, 2.75) is 72.6 Å². The Morgan fingerprint density at radius 1 is 0.941 bits per heavy atom. The number of nitrogens with zero attached hydrogens (tertiary/aromatic N) is 2. The van der Waals surface area contributed by atoms with Gasteiger partial charge in [-0.3, -0.25) is 0 Å². The molecule has 17 heavy (non-hydrogen) atoms. The first kappa shape index (κ1) is 14.1. The Morgan fingerprint density at radius 2 is 1.47 bits per heavy atom. The summed E-state index contributed by atoms with van der Waals surface area (Å²) < 4.78 is 0. The van der Waals surface area contributed by atoms with Crippen molar-refractivity contribution >= 4 is 0 Å². The summed E-state index contributed by atoms with van der Waals surface area (Å²) in [7, 11) is 0. The minimum Gasteiger partial charge on any atom is -0.238 e. The summed E-state index contributed by atoms with van der Waals surface area (Å²) in [6.45, 7) is 17.6. The highest BCUT2D eigenvalue weighted by Crippen LogP contribution is 2.35. The monoisotopic (exact) mass is 234 g/mol. The molecule has 96 valence electrons. The Labute approximate surface area is 106 Å². The van der Waals surface area contributed by atoms with Gasteiger partial charge in [0.2, 0.25) is 0 Å². The van der Waals surface area contributed by atoms with E-state index in [2.05, 4.69) is 53.5 Å². The molecule has 0 aliphatic heterocycles. The fourth-order valence-electron chi connectivity index (χ4n) is 2.27. The van der Waals surface area contributed by atoms with Crippen LogP contribution < -0.4 is 0 Å². The zero-order valence-corrected chi connectivity index (χ0v) is 12.6. The Balaban J connectivity index is 3.58. The van der Waals surface area contributed by atoms with Gasteiger partial charge in [0, 0.05) is 16.7 Å². The van der Waals surface area contributed by atoms with Crippen LogP contribution in [0.2, 0.25) is 0 Å². The van der Waals surface area contributed by atoms with Crippen molar-refractivity contribution in [2.24, 2.45) is 0 Å². The van der Waals surface area contributed by atoms with E-state index in [4.69, 9.17) is 4.98 Å². The Bertz CT molecular complexity index is 412. The third kappa shape index (κ3) is 2.85. The lowest BCUT2D eigenvalue weighted by molar-refractivity contribution is 0.457. The highest BCUT2D eigenvalue weighted by Gasteiger charge is 2.30. The summed E-state index contributed by atoms with van der Waals surface area (Å²) in [6.07, 6.45) is 1.09. The van der Waals surface area contributed by atoms with E-state index in [0.717, 1.165) is 17.9 Å². The van der Waals surface area contributed by atoms with Gasteiger partial charge in [0.05, 0.1) is 5.69 Å². The number of aryl methyl sites for hydroxylation is 2. The van der Waals surface area contributed by atoms with E-state index in [1.54, 1.807) is 0 Å². The summed E-state index contributed by atoms with van der Waals surface area (Å²) >= 11 is 0. The maximum Gasteiger partial charge on any atom is 0.125 e.